The van der Waals surface area contributed by atoms with Crippen LogP contribution in [-0.4, -0.2) is 45.6 Å². The Morgan fingerprint density at radius 2 is 1.84 bits per heavy atom. The summed E-state index contributed by atoms with van der Waals surface area (Å²) in [6.07, 6.45) is 0.464. The standard InChI is InChI=1S/C19H20FNO3S/c20-16-8-6-15(7-9-16)19(18(22)23)10-11-21(14-19)12-13-25(24)17-4-2-1-3-5-17/h1-9H,10-14H2,(H,22,23). The molecule has 1 saturated heterocycles. The SMILES string of the molecule is O=C(O)C1(c2ccc(F)cc2)CCN(CCS(=O)c2ccccc2)C1. The lowest BCUT2D eigenvalue weighted by molar-refractivity contribution is -0.143. The molecule has 1 aliphatic heterocycles. The van der Waals surface area contributed by atoms with Crippen LogP contribution in [0, 0.1) is 5.82 Å². The van der Waals surface area contributed by atoms with Crippen molar-refractivity contribution in [2.75, 3.05) is 25.4 Å². The van der Waals surface area contributed by atoms with E-state index in [1.165, 1.54) is 12.1 Å². The molecule has 2 aromatic carbocycles. The molecular formula is C19H20FNO3S. The highest BCUT2D eigenvalue weighted by molar-refractivity contribution is 7.85. The van der Waals surface area contributed by atoms with Crippen molar-refractivity contribution in [3.63, 3.8) is 0 Å². The van der Waals surface area contributed by atoms with Crippen molar-refractivity contribution in [1.82, 2.24) is 4.90 Å². The second-order valence-corrected chi connectivity index (χ2v) is 7.85. The van der Waals surface area contributed by atoms with Crippen molar-refractivity contribution in [1.29, 1.82) is 0 Å². The van der Waals surface area contributed by atoms with Crippen LogP contribution in [0.5, 0.6) is 0 Å². The van der Waals surface area contributed by atoms with Gasteiger partial charge in [-0.25, -0.2) is 4.39 Å². The van der Waals surface area contributed by atoms with E-state index in [1.807, 2.05) is 35.2 Å². The molecule has 6 heteroatoms. The summed E-state index contributed by atoms with van der Waals surface area (Å²) in [7, 11) is -1.10. The first kappa shape index (κ1) is 17.8. The van der Waals surface area contributed by atoms with E-state index in [2.05, 4.69) is 0 Å². The zero-order valence-electron chi connectivity index (χ0n) is 13.7. The third-order valence-electron chi connectivity index (χ3n) is 4.75. The predicted octanol–water partition coefficient (Wildman–Crippen LogP) is 2.66. The van der Waals surface area contributed by atoms with Gasteiger partial charge in [-0.3, -0.25) is 9.00 Å². The number of hydrogen-bond donors (Lipinski definition) is 1. The maximum atomic E-state index is 13.2. The molecular weight excluding hydrogens is 341 g/mol. The fraction of sp³-hybridized carbons (Fsp3) is 0.316. The van der Waals surface area contributed by atoms with Gasteiger partial charge in [0.05, 0.1) is 10.8 Å². The van der Waals surface area contributed by atoms with Crippen LogP contribution in [-0.2, 0) is 21.0 Å². The number of hydrogen-bond acceptors (Lipinski definition) is 3. The maximum Gasteiger partial charge on any atom is 0.315 e. The number of aliphatic carboxylic acids is 1. The molecule has 2 aromatic rings. The maximum absolute atomic E-state index is 13.2. The first-order chi connectivity index (χ1) is 12.0. The number of carbonyl (C=O) groups is 1. The molecule has 1 fully saturated rings. The number of likely N-dealkylation sites (tertiary alicyclic amines) is 1. The van der Waals surface area contributed by atoms with Crippen LogP contribution < -0.4 is 0 Å². The zero-order valence-corrected chi connectivity index (χ0v) is 14.5. The molecule has 0 spiro atoms. The summed E-state index contributed by atoms with van der Waals surface area (Å²) in [5, 5.41) is 9.78. The topological polar surface area (TPSA) is 57.6 Å². The Kier molecular flexibility index (Phi) is 5.30. The van der Waals surface area contributed by atoms with Crippen LogP contribution in [0.25, 0.3) is 0 Å². The molecule has 0 saturated carbocycles. The summed E-state index contributed by atoms with van der Waals surface area (Å²) in [6.45, 7) is 1.54. The fourth-order valence-corrected chi connectivity index (χ4v) is 4.40. The van der Waals surface area contributed by atoms with Crippen molar-refractivity contribution < 1.29 is 18.5 Å². The van der Waals surface area contributed by atoms with Gasteiger partial charge in [-0.15, -0.1) is 0 Å². The summed E-state index contributed by atoms with van der Waals surface area (Å²) in [5.41, 5.74) is -0.407. The molecule has 0 aromatic heterocycles. The molecule has 4 nitrogen and oxygen atoms in total. The molecule has 3 rings (SSSR count). The van der Waals surface area contributed by atoms with Crippen LogP contribution in [0.3, 0.4) is 0 Å². The number of benzene rings is 2. The predicted molar refractivity (Wildman–Crippen MR) is 94.5 cm³/mol. The van der Waals surface area contributed by atoms with E-state index in [0.717, 1.165) is 4.90 Å². The Labute approximate surface area is 148 Å². The highest BCUT2D eigenvalue weighted by Crippen LogP contribution is 2.35. The van der Waals surface area contributed by atoms with E-state index in [0.29, 0.717) is 37.4 Å². The molecule has 1 aliphatic rings. The Balaban J connectivity index is 1.67. The minimum absolute atomic E-state index is 0.347. The van der Waals surface area contributed by atoms with E-state index in [9.17, 15) is 18.5 Å². The number of rotatable bonds is 6. The molecule has 25 heavy (non-hydrogen) atoms. The summed E-state index contributed by atoms with van der Waals surface area (Å²) in [4.78, 5) is 14.7. The second-order valence-electron chi connectivity index (χ2n) is 6.28. The van der Waals surface area contributed by atoms with Gasteiger partial charge in [0.25, 0.3) is 0 Å². The van der Waals surface area contributed by atoms with E-state index >= 15 is 0 Å². The Morgan fingerprint density at radius 1 is 1.16 bits per heavy atom. The molecule has 1 N–H and O–H groups in total. The molecule has 132 valence electrons. The Morgan fingerprint density at radius 3 is 2.48 bits per heavy atom. The fourth-order valence-electron chi connectivity index (χ4n) is 3.28. The summed E-state index contributed by atoms with van der Waals surface area (Å²) < 4.78 is 25.5. The lowest BCUT2D eigenvalue weighted by atomic mass is 9.80. The normalized spacial score (nSPS) is 22.0. The van der Waals surface area contributed by atoms with Crippen molar-refractivity contribution in [3.8, 4) is 0 Å². The van der Waals surface area contributed by atoms with Crippen molar-refractivity contribution in [2.45, 2.75) is 16.7 Å². The smallest absolute Gasteiger partial charge is 0.315 e. The van der Waals surface area contributed by atoms with Gasteiger partial charge >= 0.3 is 5.97 Å². The first-order valence-electron chi connectivity index (χ1n) is 8.16. The molecule has 0 radical (unpaired) electrons. The molecule has 2 atom stereocenters. The molecule has 1 heterocycles. The van der Waals surface area contributed by atoms with Crippen molar-refractivity contribution in [3.05, 3.63) is 66.0 Å². The monoisotopic (exact) mass is 361 g/mol. The largest absolute Gasteiger partial charge is 0.481 e. The lowest BCUT2D eigenvalue weighted by Gasteiger charge is -2.25. The summed E-state index contributed by atoms with van der Waals surface area (Å²) in [5.74, 6) is -0.813. The Hall–Kier alpha value is -2.05. The number of carboxylic acid groups (broad SMARTS) is 1. The highest BCUT2D eigenvalue weighted by Gasteiger charge is 2.46. The van der Waals surface area contributed by atoms with Gasteiger partial charge in [-0.1, -0.05) is 30.3 Å². The van der Waals surface area contributed by atoms with Crippen molar-refractivity contribution in [2.24, 2.45) is 0 Å². The van der Waals surface area contributed by atoms with E-state index in [-0.39, 0.29) is 5.82 Å². The zero-order chi connectivity index (χ0) is 17.9. The summed E-state index contributed by atoms with van der Waals surface area (Å²) in [6, 6.07) is 15.0. The van der Waals surface area contributed by atoms with Gasteiger partial charge in [0.1, 0.15) is 11.2 Å². The van der Waals surface area contributed by atoms with E-state index < -0.39 is 22.2 Å². The van der Waals surface area contributed by atoms with Gasteiger partial charge in [0.15, 0.2) is 0 Å². The van der Waals surface area contributed by atoms with Gasteiger partial charge in [-0.2, -0.15) is 0 Å². The van der Waals surface area contributed by atoms with Gasteiger partial charge < -0.3 is 10.0 Å². The van der Waals surface area contributed by atoms with E-state index in [4.69, 9.17) is 0 Å². The minimum Gasteiger partial charge on any atom is -0.481 e. The highest BCUT2D eigenvalue weighted by atomic mass is 32.2. The summed E-state index contributed by atoms with van der Waals surface area (Å²) >= 11 is 0. The number of nitrogens with zero attached hydrogens (tertiary/aromatic N) is 1. The van der Waals surface area contributed by atoms with Crippen LogP contribution in [0.15, 0.2) is 59.5 Å². The Bertz CT molecular complexity index is 766. The van der Waals surface area contributed by atoms with Crippen LogP contribution in [0.2, 0.25) is 0 Å². The van der Waals surface area contributed by atoms with Gasteiger partial charge in [0.2, 0.25) is 0 Å². The van der Waals surface area contributed by atoms with Crippen molar-refractivity contribution >= 4 is 16.8 Å². The van der Waals surface area contributed by atoms with E-state index in [1.54, 1.807) is 12.1 Å². The molecule has 2 unspecified atom stereocenters. The van der Waals surface area contributed by atoms with Crippen LogP contribution in [0.4, 0.5) is 4.39 Å². The third-order valence-corrected chi connectivity index (χ3v) is 6.10. The number of halogens is 1. The second kappa shape index (κ2) is 7.45. The average Bonchev–Trinajstić information content (AvgIpc) is 3.07. The van der Waals surface area contributed by atoms with Gasteiger partial charge in [-0.05, 0) is 42.8 Å². The van der Waals surface area contributed by atoms with Crippen LogP contribution >= 0.6 is 0 Å². The molecule has 0 amide bonds. The lowest BCUT2D eigenvalue weighted by Crippen LogP contribution is -2.39. The number of carboxylic acids is 1. The minimum atomic E-state index is -1.10. The first-order valence-corrected chi connectivity index (χ1v) is 9.48. The molecule has 0 bridgehead atoms. The van der Waals surface area contributed by atoms with Crippen LogP contribution in [0.1, 0.15) is 12.0 Å². The average molecular weight is 361 g/mol. The third kappa shape index (κ3) is 3.80. The molecule has 0 aliphatic carbocycles. The van der Waals surface area contributed by atoms with Gasteiger partial charge in [0, 0.05) is 23.7 Å². The quantitative estimate of drug-likeness (QED) is 0.859.